The van der Waals surface area contributed by atoms with Crippen LogP contribution in [0.3, 0.4) is 0 Å². The van der Waals surface area contributed by atoms with Crippen LogP contribution in [0.2, 0.25) is 0 Å². The van der Waals surface area contributed by atoms with E-state index >= 15 is 0 Å². The van der Waals surface area contributed by atoms with E-state index in [4.69, 9.17) is 4.74 Å². The van der Waals surface area contributed by atoms with E-state index < -0.39 is 0 Å². The molecule has 0 saturated carbocycles. The lowest BCUT2D eigenvalue weighted by molar-refractivity contribution is 0.312. The molecular formula is C15H29N5O. The maximum Gasteiger partial charge on any atom is 0.323 e. The number of aromatic nitrogens is 3. The summed E-state index contributed by atoms with van der Waals surface area (Å²) in [6.45, 7) is 10.8. The molecule has 1 rings (SSSR count). The van der Waals surface area contributed by atoms with Gasteiger partial charge < -0.3 is 15.4 Å². The van der Waals surface area contributed by atoms with Crippen molar-refractivity contribution in [2.24, 2.45) is 5.92 Å². The van der Waals surface area contributed by atoms with Crippen molar-refractivity contribution in [3.05, 3.63) is 0 Å². The fourth-order valence-electron chi connectivity index (χ4n) is 1.82. The SMILES string of the molecule is CCCNc1nc(NCCCCC(C)C)nc(OCC)n1. The molecule has 1 aromatic heterocycles. The van der Waals surface area contributed by atoms with Gasteiger partial charge in [0.15, 0.2) is 0 Å². The summed E-state index contributed by atoms with van der Waals surface area (Å²) in [4.78, 5) is 12.9. The maximum atomic E-state index is 5.38. The third-order valence-corrected chi connectivity index (χ3v) is 2.91. The van der Waals surface area contributed by atoms with Gasteiger partial charge in [-0.2, -0.15) is 15.0 Å². The molecular weight excluding hydrogens is 266 g/mol. The molecule has 0 aromatic carbocycles. The van der Waals surface area contributed by atoms with Gasteiger partial charge in [-0.05, 0) is 25.7 Å². The number of hydrogen-bond acceptors (Lipinski definition) is 6. The van der Waals surface area contributed by atoms with E-state index in [2.05, 4.69) is 46.4 Å². The molecule has 0 unspecified atom stereocenters. The van der Waals surface area contributed by atoms with Gasteiger partial charge >= 0.3 is 6.01 Å². The van der Waals surface area contributed by atoms with E-state index in [-0.39, 0.29) is 0 Å². The molecule has 0 amide bonds. The van der Waals surface area contributed by atoms with Gasteiger partial charge in [0.05, 0.1) is 6.61 Å². The Hall–Kier alpha value is -1.59. The second-order valence-corrected chi connectivity index (χ2v) is 5.44. The summed E-state index contributed by atoms with van der Waals surface area (Å²) in [5.41, 5.74) is 0. The lowest BCUT2D eigenvalue weighted by Crippen LogP contribution is -2.12. The predicted octanol–water partition coefficient (Wildman–Crippen LogP) is 3.33. The third-order valence-electron chi connectivity index (χ3n) is 2.91. The fourth-order valence-corrected chi connectivity index (χ4v) is 1.82. The molecule has 0 aliphatic heterocycles. The number of anilines is 2. The monoisotopic (exact) mass is 295 g/mol. The Morgan fingerprint density at radius 2 is 1.62 bits per heavy atom. The zero-order valence-corrected chi connectivity index (χ0v) is 13.8. The van der Waals surface area contributed by atoms with Crippen LogP contribution in [-0.2, 0) is 0 Å². The molecule has 21 heavy (non-hydrogen) atoms. The number of hydrogen-bond donors (Lipinski definition) is 2. The molecule has 6 heteroatoms. The number of nitrogens with zero attached hydrogens (tertiary/aromatic N) is 3. The molecule has 1 heterocycles. The minimum absolute atomic E-state index is 0.371. The Balaban J connectivity index is 2.52. The van der Waals surface area contributed by atoms with Gasteiger partial charge in [0, 0.05) is 13.1 Å². The summed E-state index contributed by atoms with van der Waals surface area (Å²) in [6, 6.07) is 0.371. The van der Waals surface area contributed by atoms with Crippen LogP contribution in [0, 0.1) is 5.92 Å². The fraction of sp³-hybridized carbons (Fsp3) is 0.800. The summed E-state index contributed by atoms with van der Waals surface area (Å²) in [5.74, 6) is 1.91. The van der Waals surface area contributed by atoms with Gasteiger partial charge in [0.1, 0.15) is 0 Å². The van der Waals surface area contributed by atoms with Gasteiger partial charge in [-0.3, -0.25) is 0 Å². The summed E-state index contributed by atoms with van der Waals surface area (Å²) in [7, 11) is 0. The average molecular weight is 295 g/mol. The number of rotatable bonds is 11. The first-order valence-corrected chi connectivity index (χ1v) is 8.02. The van der Waals surface area contributed by atoms with Crippen molar-refractivity contribution < 1.29 is 4.74 Å². The lowest BCUT2D eigenvalue weighted by atomic mass is 10.1. The van der Waals surface area contributed by atoms with Crippen LogP contribution in [0.1, 0.15) is 53.4 Å². The molecule has 0 atom stereocenters. The summed E-state index contributed by atoms with van der Waals surface area (Å²) >= 11 is 0. The molecule has 0 aliphatic rings. The Morgan fingerprint density at radius 1 is 0.952 bits per heavy atom. The highest BCUT2D eigenvalue weighted by atomic mass is 16.5. The van der Waals surface area contributed by atoms with Crippen LogP contribution >= 0.6 is 0 Å². The number of nitrogens with one attached hydrogen (secondary N) is 2. The number of ether oxygens (including phenoxy) is 1. The van der Waals surface area contributed by atoms with Gasteiger partial charge in [-0.1, -0.05) is 33.6 Å². The minimum atomic E-state index is 0.371. The lowest BCUT2D eigenvalue weighted by Gasteiger charge is -2.10. The van der Waals surface area contributed by atoms with E-state index in [1.807, 2.05) is 6.92 Å². The predicted molar refractivity (Wildman–Crippen MR) is 87.0 cm³/mol. The third kappa shape index (κ3) is 7.68. The molecule has 0 aliphatic carbocycles. The van der Waals surface area contributed by atoms with Crippen molar-refractivity contribution >= 4 is 11.9 Å². The smallest absolute Gasteiger partial charge is 0.323 e. The highest BCUT2D eigenvalue weighted by Gasteiger charge is 2.06. The van der Waals surface area contributed by atoms with Crippen LogP contribution in [-0.4, -0.2) is 34.6 Å². The largest absolute Gasteiger partial charge is 0.464 e. The van der Waals surface area contributed by atoms with Crippen LogP contribution in [0.5, 0.6) is 6.01 Å². The topological polar surface area (TPSA) is 72.0 Å². The second-order valence-electron chi connectivity index (χ2n) is 5.44. The molecule has 0 fully saturated rings. The summed E-state index contributed by atoms with van der Waals surface area (Å²) in [6.07, 6.45) is 4.61. The molecule has 0 spiro atoms. The van der Waals surface area contributed by atoms with E-state index in [0.717, 1.165) is 31.8 Å². The standard InChI is InChI=1S/C15H29N5O/c1-5-10-16-13-18-14(20-15(19-13)21-6-2)17-11-8-7-9-12(3)4/h12H,5-11H2,1-4H3,(H2,16,17,18,19,20). The molecule has 1 aromatic rings. The van der Waals surface area contributed by atoms with Crippen molar-refractivity contribution in [1.82, 2.24) is 15.0 Å². The second kappa shape index (κ2) is 10.2. The molecule has 2 N–H and O–H groups in total. The summed E-state index contributed by atoms with van der Waals surface area (Å²) in [5, 5.41) is 6.42. The first-order valence-electron chi connectivity index (χ1n) is 8.02. The quantitative estimate of drug-likeness (QED) is 0.610. The average Bonchev–Trinajstić information content (AvgIpc) is 2.44. The first kappa shape index (κ1) is 17.5. The Morgan fingerprint density at radius 3 is 2.19 bits per heavy atom. The van der Waals surface area contributed by atoms with E-state index in [0.29, 0.717) is 24.5 Å². The molecule has 0 bridgehead atoms. The normalized spacial score (nSPS) is 10.7. The highest BCUT2D eigenvalue weighted by Crippen LogP contribution is 2.12. The highest BCUT2D eigenvalue weighted by molar-refractivity contribution is 5.35. The minimum Gasteiger partial charge on any atom is -0.464 e. The van der Waals surface area contributed by atoms with Crippen LogP contribution < -0.4 is 15.4 Å². The van der Waals surface area contributed by atoms with E-state index in [9.17, 15) is 0 Å². The summed E-state index contributed by atoms with van der Waals surface area (Å²) < 4.78 is 5.38. The van der Waals surface area contributed by atoms with Gasteiger partial charge in [0.25, 0.3) is 0 Å². The maximum absolute atomic E-state index is 5.38. The van der Waals surface area contributed by atoms with Gasteiger partial charge in [-0.15, -0.1) is 0 Å². The Kier molecular flexibility index (Phi) is 8.47. The zero-order valence-electron chi connectivity index (χ0n) is 13.8. The van der Waals surface area contributed by atoms with Crippen molar-refractivity contribution in [3.63, 3.8) is 0 Å². The van der Waals surface area contributed by atoms with Crippen LogP contribution in [0.25, 0.3) is 0 Å². The van der Waals surface area contributed by atoms with Crippen molar-refractivity contribution in [2.45, 2.75) is 53.4 Å². The van der Waals surface area contributed by atoms with Crippen LogP contribution in [0.15, 0.2) is 0 Å². The number of unbranched alkanes of at least 4 members (excludes halogenated alkanes) is 1. The molecule has 6 nitrogen and oxygen atoms in total. The molecule has 0 radical (unpaired) electrons. The Bertz CT molecular complexity index is 398. The van der Waals surface area contributed by atoms with E-state index in [1.54, 1.807) is 0 Å². The molecule has 120 valence electrons. The van der Waals surface area contributed by atoms with Gasteiger partial charge in [-0.25, -0.2) is 0 Å². The van der Waals surface area contributed by atoms with Gasteiger partial charge in [0.2, 0.25) is 11.9 Å². The first-order chi connectivity index (χ1) is 10.2. The molecule has 0 saturated heterocycles. The zero-order chi connectivity index (χ0) is 15.5. The van der Waals surface area contributed by atoms with Crippen LogP contribution in [0.4, 0.5) is 11.9 Å². The van der Waals surface area contributed by atoms with Crippen molar-refractivity contribution in [1.29, 1.82) is 0 Å². The van der Waals surface area contributed by atoms with E-state index in [1.165, 1.54) is 12.8 Å². The van der Waals surface area contributed by atoms with Crippen molar-refractivity contribution in [3.8, 4) is 6.01 Å². The van der Waals surface area contributed by atoms with Crippen molar-refractivity contribution in [2.75, 3.05) is 30.3 Å². The Labute approximate surface area is 128 Å².